The van der Waals surface area contributed by atoms with Gasteiger partial charge in [-0.15, -0.1) is 11.3 Å². The molecule has 1 aromatic heterocycles. The van der Waals surface area contributed by atoms with Crippen molar-refractivity contribution in [3.63, 3.8) is 0 Å². The zero-order valence-corrected chi connectivity index (χ0v) is 12.1. The molecule has 1 aromatic carbocycles. The summed E-state index contributed by atoms with van der Waals surface area (Å²) in [6.07, 6.45) is 0.691. The third kappa shape index (κ3) is 2.75. The zero-order valence-electron chi connectivity index (χ0n) is 10.5. The second-order valence-electron chi connectivity index (χ2n) is 4.01. The summed E-state index contributed by atoms with van der Waals surface area (Å²) in [7, 11) is -3.98. The summed E-state index contributed by atoms with van der Waals surface area (Å²) in [5.74, 6) is -2.49. The highest BCUT2D eigenvalue weighted by atomic mass is 32.2. The Balaban J connectivity index is 2.41. The number of benzene rings is 1. The summed E-state index contributed by atoms with van der Waals surface area (Å²) < 4.78 is 53.0. The number of nitrogens with two attached hydrogens (primary N) is 1. The number of sulfonamides is 1. The third-order valence-corrected chi connectivity index (χ3v) is 5.68. The quantitative estimate of drug-likeness (QED) is 0.851. The largest absolute Gasteiger partial charge is 0.397 e. The lowest BCUT2D eigenvalue weighted by molar-refractivity contribution is 0.512. The van der Waals surface area contributed by atoms with Gasteiger partial charge in [0.1, 0.15) is 9.90 Å². The summed E-state index contributed by atoms with van der Waals surface area (Å²) in [5, 5.41) is 0. The summed E-state index contributed by atoms with van der Waals surface area (Å²) in [6.45, 7) is 1.89. The molecule has 108 valence electrons. The van der Waals surface area contributed by atoms with E-state index in [0.29, 0.717) is 6.42 Å². The molecule has 0 aliphatic carbocycles. The molecule has 0 bridgehead atoms. The average Bonchev–Trinajstić information content (AvgIpc) is 2.89. The lowest BCUT2D eigenvalue weighted by atomic mass is 10.2. The molecule has 20 heavy (non-hydrogen) atoms. The van der Waals surface area contributed by atoms with E-state index in [-0.39, 0.29) is 9.90 Å². The number of rotatable bonds is 4. The van der Waals surface area contributed by atoms with Gasteiger partial charge in [-0.3, -0.25) is 4.72 Å². The van der Waals surface area contributed by atoms with Crippen LogP contribution in [0.15, 0.2) is 28.5 Å². The number of thiophene rings is 1. The van der Waals surface area contributed by atoms with E-state index in [0.717, 1.165) is 28.3 Å². The average molecular weight is 318 g/mol. The van der Waals surface area contributed by atoms with Gasteiger partial charge in [-0.25, -0.2) is 17.2 Å². The summed E-state index contributed by atoms with van der Waals surface area (Å²) >= 11 is 1.07. The first-order valence-electron chi connectivity index (χ1n) is 5.70. The Morgan fingerprint density at radius 2 is 1.95 bits per heavy atom. The minimum absolute atomic E-state index is 0.0254. The van der Waals surface area contributed by atoms with Crippen LogP contribution in [0.1, 0.15) is 11.8 Å². The first kappa shape index (κ1) is 14.7. The number of hydrogen-bond donors (Lipinski definition) is 2. The topological polar surface area (TPSA) is 72.2 Å². The standard InChI is InChI=1S/C12H12F2N2O2S2/c1-2-7-3-6-10(19-7)20(17,18)16-12-9(15)5-4-8(13)11(12)14/h3-6,16H,2,15H2,1H3. The van der Waals surface area contributed by atoms with Crippen LogP contribution in [0.25, 0.3) is 0 Å². The van der Waals surface area contributed by atoms with Crippen LogP contribution >= 0.6 is 11.3 Å². The predicted octanol–water partition coefficient (Wildman–Crippen LogP) is 2.97. The fourth-order valence-electron chi connectivity index (χ4n) is 1.55. The van der Waals surface area contributed by atoms with Gasteiger partial charge in [0.2, 0.25) is 0 Å². The fourth-order valence-corrected chi connectivity index (χ4v) is 3.93. The Morgan fingerprint density at radius 3 is 2.55 bits per heavy atom. The molecule has 3 N–H and O–H groups in total. The zero-order chi connectivity index (χ0) is 14.9. The summed E-state index contributed by atoms with van der Waals surface area (Å²) in [5.41, 5.74) is 4.72. The van der Waals surface area contributed by atoms with E-state index in [1.54, 1.807) is 6.07 Å². The van der Waals surface area contributed by atoms with Gasteiger partial charge in [0.15, 0.2) is 11.6 Å². The van der Waals surface area contributed by atoms with Crippen molar-refractivity contribution in [1.29, 1.82) is 0 Å². The maximum atomic E-state index is 13.6. The Morgan fingerprint density at radius 1 is 1.25 bits per heavy atom. The van der Waals surface area contributed by atoms with E-state index < -0.39 is 27.3 Å². The van der Waals surface area contributed by atoms with E-state index >= 15 is 0 Å². The lowest BCUT2D eigenvalue weighted by Gasteiger charge is -2.10. The molecule has 1 heterocycles. The smallest absolute Gasteiger partial charge is 0.271 e. The highest BCUT2D eigenvalue weighted by molar-refractivity contribution is 7.94. The van der Waals surface area contributed by atoms with Crippen LogP contribution < -0.4 is 10.5 Å². The van der Waals surface area contributed by atoms with E-state index in [1.807, 2.05) is 11.6 Å². The monoisotopic (exact) mass is 318 g/mol. The number of nitrogen functional groups attached to an aromatic ring is 1. The van der Waals surface area contributed by atoms with Gasteiger partial charge in [-0.05, 0) is 30.7 Å². The Kier molecular flexibility index (Phi) is 3.96. The molecule has 2 aromatic rings. The molecular weight excluding hydrogens is 306 g/mol. The van der Waals surface area contributed by atoms with Gasteiger partial charge >= 0.3 is 0 Å². The van der Waals surface area contributed by atoms with E-state index in [2.05, 4.69) is 0 Å². The summed E-state index contributed by atoms with van der Waals surface area (Å²) in [4.78, 5) is 0.873. The second-order valence-corrected chi connectivity index (χ2v) is 7.08. The number of nitrogens with one attached hydrogen (secondary N) is 1. The molecule has 0 amide bonds. The number of anilines is 2. The van der Waals surface area contributed by atoms with E-state index in [1.165, 1.54) is 6.07 Å². The van der Waals surface area contributed by atoms with Crippen LogP contribution in [0.4, 0.5) is 20.2 Å². The van der Waals surface area contributed by atoms with Crippen molar-refractivity contribution < 1.29 is 17.2 Å². The molecule has 0 aliphatic heterocycles. The Labute approximate surface area is 119 Å². The van der Waals surface area contributed by atoms with Gasteiger partial charge in [0.05, 0.1) is 5.69 Å². The molecule has 8 heteroatoms. The first-order chi connectivity index (χ1) is 9.35. The minimum atomic E-state index is -3.98. The van der Waals surface area contributed by atoms with Crippen LogP contribution in [0, 0.1) is 11.6 Å². The molecule has 0 saturated carbocycles. The van der Waals surface area contributed by atoms with Gasteiger partial charge < -0.3 is 5.73 Å². The Bertz CT molecular complexity index is 742. The van der Waals surface area contributed by atoms with Gasteiger partial charge in [0, 0.05) is 4.88 Å². The molecule has 0 spiro atoms. The van der Waals surface area contributed by atoms with E-state index in [4.69, 9.17) is 5.73 Å². The fraction of sp³-hybridized carbons (Fsp3) is 0.167. The molecule has 0 radical (unpaired) electrons. The SMILES string of the molecule is CCc1ccc(S(=O)(=O)Nc2c(N)ccc(F)c2F)s1. The van der Waals surface area contributed by atoms with Gasteiger partial charge in [-0.1, -0.05) is 6.92 Å². The molecule has 0 fully saturated rings. The predicted molar refractivity (Wildman–Crippen MR) is 75.3 cm³/mol. The van der Waals surface area contributed by atoms with Crippen molar-refractivity contribution in [2.24, 2.45) is 0 Å². The van der Waals surface area contributed by atoms with Gasteiger partial charge in [-0.2, -0.15) is 0 Å². The third-order valence-electron chi connectivity index (χ3n) is 2.61. The number of aryl methyl sites for hydroxylation is 1. The maximum Gasteiger partial charge on any atom is 0.271 e. The normalized spacial score (nSPS) is 11.6. The van der Waals surface area contributed by atoms with Crippen LogP contribution in [0.5, 0.6) is 0 Å². The molecule has 0 atom stereocenters. The summed E-state index contributed by atoms with van der Waals surface area (Å²) in [6, 6.07) is 5.02. The van der Waals surface area contributed by atoms with Crippen molar-refractivity contribution >= 4 is 32.7 Å². The van der Waals surface area contributed by atoms with Gasteiger partial charge in [0.25, 0.3) is 10.0 Å². The highest BCUT2D eigenvalue weighted by Gasteiger charge is 2.21. The number of hydrogen-bond acceptors (Lipinski definition) is 4. The molecular formula is C12H12F2N2O2S2. The van der Waals surface area contributed by atoms with Crippen LogP contribution in [-0.4, -0.2) is 8.42 Å². The van der Waals surface area contributed by atoms with Crippen LogP contribution in [0.3, 0.4) is 0 Å². The molecule has 0 unspecified atom stereocenters. The highest BCUT2D eigenvalue weighted by Crippen LogP contribution is 2.29. The Hall–Kier alpha value is -1.67. The lowest BCUT2D eigenvalue weighted by Crippen LogP contribution is -2.14. The van der Waals surface area contributed by atoms with Crippen molar-refractivity contribution in [3.05, 3.63) is 40.8 Å². The second kappa shape index (κ2) is 5.37. The number of halogens is 2. The van der Waals surface area contributed by atoms with Crippen LogP contribution in [0.2, 0.25) is 0 Å². The molecule has 0 saturated heterocycles. The molecule has 0 aliphatic rings. The molecule has 2 rings (SSSR count). The van der Waals surface area contributed by atoms with Crippen molar-refractivity contribution in [2.75, 3.05) is 10.5 Å². The van der Waals surface area contributed by atoms with Crippen molar-refractivity contribution in [1.82, 2.24) is 0 Å². The maximum absolute atomic E-state index is 13.6. The first-order valence-corrected chi connectivity index (χ1v) is 8.00. The van der Waals surface area contributed by atoms with Crippen LogP contribution in [-0.2, 0) is 16.4 Å². The van der Waals surface area contributed by atoms with E-state index in [9.17, 15) is 17.2 Å². The molecule has 4 nitrogen and oxygen atoms in total. The van der Waals surface area contributed by atoms with Crippen molar-refractivity contribution in [3.8, 4) is 0 Å². The minimum Gasteiger partial charge on any atom is -0.397 e. The van der Waals surface area contributed by atoms with Crippen molar-refractivity contribution in [2.45, 2.75) is 17.6 Å².